The quantitative estimate of drug-likeness (QED) is 0.294. The molecular weight excluding hydrogens is 429 g/mol. The SMILES string of the molecule is CC(=O)OC[C@H]1O[C@@H](n2ccc3c(Cl)nc(Cl)nc32)[C@H](OC(C)=O)[C@@H]1OC(C)=O. The molecule has 1 aliphatic rings. The number of ether oxygens (including phenoxy) is 4. The van der Waals surface area contributed by atoms with Crippen LogP contribution in [-0.4, -0.2) is 57.4 Å². The van der Waals surface area contributed by atoms with Crippen LogP contribution in [0.25, 0.3) is 11.0 Å². The Hall–Kier alpha value is -2.43. The summed E-state index contributed by atoms with van der Waals surface area (Å²) in [5.41, 5.74) is 0.326. The second kappa shape index (κ2) is 8.52. The highest BCUT2D eigenvalue weighted by molar-refractivity contribution is 6.35. The fourth-order valence-corrected chi connectivity index (χ4v) is 3.53. The van der Waals surface area contributed by atoms with Crippen LogP contribution in [0.3, 0.4) is 0 Å². The van der Waals surface area contributed by atoms with Gasteiger partial charge in [0.2, 0.25) is 5.28 Å². The molecule has 2 aromatic rings. The summed E-state index contributed by atoms with van der Waals surface area (Å²) in [5, 5.41) is 0.542. The van der Waals surface area contributed by atoms with E-state index in [1.165, 1.54) is 25.3 Å². The van der Waals surface area contributed by atoms with Gasteiger partial charge in [0.1, 0.15) is 23.5 Å². The van der Waals surface area contributed by atoms with E-state index in [9.17, 15) is 14.4 Å². The summed E-state index contributed by atoms with van der Waals surface area (Å²) in [5.74, 6) is -1.77. The third kappa shape index (κ3) is 4.60. The normalized spacial score (nSPS) is 23.8. The van der Waals surface area contributed by atoms with Crippen molar-refractivity contribution < 1.29 is 33.3 Å². The standard InChI is InChI=1S/C17H17Cl2N3O7/c1-7(23)26-6-11-12(27-8(2)24)13(28-9(3)25)16(29-11)22-5-4-10-14(18)20-17(19)21-15(10)22/h4-5,11-13,16H,6H2,1-3H3/t11-,12-,13-,16-/m1/s1. The van der Waals surface area contributed by atoms with E-state index in [1.54, 1.807) is 12.3 Å². The number of rotatable bonds is 5. The molecule has 2 aromatic heterocycles. The maximum absolute atomic E-state index is 11.7. The molecule has 156 valence electrons. The van der Waals surface area contributed by atoms with Crippen molar-refractivity contribution in [3.8, 4) is 0 Å². The predicted molar refractivity (Wildman–Crippen MR) is 99.2 cm³/mol. The molecule has 10 nitrogen and oxygen atoms in total. The molecule has 0 saturated carbocycles. The molecule has 0 aromatic carbocycles. The molecule has 29 heavy (non-hydrogen) atoms. The van der Waals surface area contributed by atoms with Crippen molar-refractivity contribution in [3.63, 3.8) is 0 Å². The summed E-state index contributed by atoms with van der Waals surface area (Å²) in [7, 11) is 0. The van der Waals surface area contributed by atoms with Crippen LogP contribution < -0.4 is 0 Å². The number of hydrogen-bond acceptors (Lipinski definition) is 9. The van der Waals surface area contributed by atoms with E-state index in [1.807, 2.05) is 0 Å². The maximum Gasteiger partial charge on any atom is 0.303 e. The highest BCUT2D eigenvalue weighted by Gasteiger charge is 2.50. The van der Waals surface area contributed by atoms with Crippen LogP contribution in [0.4, 0.5) is 0 Å². The summed E-state index contributed by atoms with van der Waals surface area (Å²) in [4.78, 5) is 42.6. The third-order valence-electron chi connectivity index (χ3n) is 4.11. The van der Waals surface area contributed by atoms with Crippen molar-refractivity contribution in [1.82, 2.24) is 14.5 Å². The van der Waals surface area contributed by atoms with E-state index in [0.29, 0.717) is 11.0 Å². The summed E-state index contributed by atoms with van der Waals surface area (Å²) >= 11 is 12.0. The zero-order valence-corrected chi connectivity index (χ0v) is 17.1. The first-order chi connectivity index (χ1) is 13.7. The molecule has 1 aliphatic heterocycles. The number of fused-ring (bicyclic) bond motifs is 1. The van der Waals surface area contributed by atoms with Crippen LogP contribution in [0.2, 0.25) is 10.4 Å². The second-order valence-electron chi connectivity index (χ2n) is 6.26. The van der Waals surface area contributed by atoms with E-state index in [-0.39, 0.29) is 17.0 Å². The monoisotopic (exact) mass is 445 g/mol. The van der Waals surface area contributed by atoms with Crippen molar-refractivity contribution in [2.45, 2.75) is 45.3 Å². The number of hydrogen-bond donors (Lipinski definition) is 0. The van der Waals surface area contributed by atoms with Gasteiger partial charge in [0.05, 0.1) is 5.39 Å². The molecule has 0 bridgehead atoms. The smallest absolute Gasteiger partial charge is 0.303 e. The number of esters is 3. The van der Waals surface area contributed by atoms with Crippen LogP contribution in [0.15, 0.2) is 12.3 Å². The Morgan fingerprint density at radius 2 is 1.72 bits per heavy atom. The average molecular weight is 446 g/mol. The molecule has 0 aliphatic carbocycles. The van der Waals surface area contributed by atoms with Gasteiger partial charge in [-0.15, -0.1) is 0 Å². The fourth-order valence-electron chi connectivity index (χ4n) is 3.09. The fraction of sp³-hybridized carbons (Fsp3) is 0.471. The second-order valence-corrected chi connectivity index (χ2v) is 6.96. The van der Waals surface area contributed by atoms with E-state index in [4.69, 9.17) is 42.1 Å². The Balaban J connectivity index is 2.04. The van der Waals surface area contributed by atoms with Crippen molar-refractivity contribution >= 4 is 52.1 Å². The van der Waals surface area contributed by atoms with Gasteiger partial charge in [-0.2, -0.15) is 4.98 Å². The lowest BCUT2D eigenvalue weighted by Gasteiger charge is -2.24. The van der Waals surface area contributed by atoms with E-state index >= 15 is 0 Å². The lowest BCUT2D eigenvalue weighted by atomic mass is 10.1. The van der Waals surface area contributed by atoms with Gasteiger partial charge in [-0.25, -0.2) is 4.98 Å². The summed E-state index contributed by atoms with van der Waals surface area (Å²) < 4.78 is 23.2. The zero-order chi connectivity index (χ0) is 21.3. The lowest BCUT2D eigenvalue weighted by molar-refractivity contribution is -0.166. The molecule has 0 amide bonds. The Morgan fingerprint density at radius 3 is 2.34 bits per heavy atom. The Labute approximate surface area is 175 Å². The third-order valence-corrected chi connectivity index (χ3v) is 4.57. The van der Waals surface area contributed by atoms with E-state index in [0.717, 1.165) is 0 Å². The molecule has 12 heteroatoms. The molecule has 3 heterocycles. The number of nitrogens with zero attached hydrogens (tertiary/aromatic N) is 3. The molecule has 0 unspecified atom stereocenters. The van der Waals surface area contributed by atoms with Crippen molar-refractivity contribution in [2.24, 2.45) is 0 Å². The van der Waals surface area contributed by atoms with Gasteiger partial charge >= 0.3 is 17.9 Å². The molecule has 4 atom stereocenters. The van der Waals surface area contributed by atoms with Crippen LogP contribution in [0.1, 0.15) is 27.0 Å². The van der Waals surface area contributed by atoms with Gasteiger partial charge in [-0.1, -0.05) is 11.6 Å². The number of carbonyl (C=O) groups is 3. The van der Waals surface area contributed by atoms with Gasteiger partial charge in [0.25, 0.3) is 0 Å². The van der Waals surface area contributed by atoms with Gasteiger partial charge in [0, 0.05) is 27.0 Å². The number of aromatic nitrogens is 3. The molecule has 3 rings (SSSR count). The van der Waals surface area contributed by atoms with E-state index in [2.05, 4.69) is 9.97 Å². The first-order valence-corrected chi connectivity index (χ1v) is 9.25. The van der Waals surface area contributed by atoms with Crippen molar-refractivity contribution in [2.75, 3.05) is 6.61 Å². The highest BCUT2D eigenvalue weighted by Crippen LogP contribution is 2.37. The summed E-state index contributed by atoms with van der Waals surface area (Å²) in [6.45, 7) is 3.44. The van der Waals surface area contributed by atoms with Crippen LogP contribution in [0.5, 0.6) is 0 Å². The van der Waals surface area contributed by atoms with Gasteiger partial charge in [0.15, 0.2) is 18.4 Å². The molecular formula is C17H17Cl2N3O7. The predicted octanol–water partition coefficient (Wildman–Crippen LogP) is 2.06. The maximum atomic E-state index is 11.7. The molecule has 0 spiro atoms. The Bertz CT molecular complexity index is 964. The van der Waals surface area contributed by atoms with E-state index < -0.39 is 42.4 Å². The minimum absolute atomic E-state index is 0.0857. The number of halogens is 2. The lowest BCUT2D eigenvalue weighted by Crippen LogP contribution is -2.40. The molecule has 1 saturated heterocycles. The first-order valence-electron chi connectivity index (χ1n) is 8.50. The largest absolute Gasteiger partial charge is 0.463 e. The number of carbonyl (C=O) groups excluding carboxylic acids is 3. The van der Waals surface area contributed by atoms with Gasteiger partial charge in [-0.3, -0.25) is 14.4 Å². The zero-order valence-electron chi connectivity index (χ0n) is 15.6. The van der Waals surface area contributed by atoms with Crippen molar-refractivity contribution in [3.05, 3.63) is 22.7 Å². The van der Waals surface area contributed by atoms with Gasteiger partial charge in [-0.05, 0) is 17.7 Å². The van der Waals surface area contributed by atoms with Gasteiger partial charge < -0.3 is 23.5 Å². The Morgan fingerprint density at radius 1 is 1.07 bits per heavy atom. The summed E-state index contributed by atoms with van der Waals surface area (Å²) in [6.07, 6.45) is -2.31. The van der Waals surface area contributed by atoms with Crippen LogP contribution >= 0.6 is 23.2 Å². The van der Waals surface area contributed by atoms with Crippen LogP contribution in [-0.2, 0) is 33.3 Å². The minimum Gasteiger partial charge on any atom is -0.463 e. The summed E-state index contributed by atoms with van der Waals surface area (Å²) in [6, 6.07) is 1.64. The highest BCUT2D eigenvalue weighted by atomic mass is 35.5. The average Bonchev–Trinajstić information content (AvgIpc) is 3.15. The first kappa shape index (κ1) is 21.3. The molecule has 0 radical (unpaired) electrons. The van der Waals surface area contributed by atoms with Crippen molar-refractivity contribution in [1.29, 1.82) is 0 Å². The molecule has 0 N–H and O–H groups in total. The Kier molecular flexibility index (Phi) is 6.25. The topological polar surface area (TPSA) is 119 Å². The van der Waals surface area contributed by atoms with Crippen LogP contribution in [0, 0.1) is 0 Å². The minimum atomic E-state index is -1.04. The molecule has 1 fully saturated rings.